The van der Waals surface area contributed by atoms with E-state index in [4.69, 9.17) is 10.1 Å². The molecule has 0 spiro atoms. The molecule has 1 saturated heterocycles. The molecule has 7 nitrogen and oxygen atoms in total. The minimum Gasteiger partial charge on any atom is -0.353 e. The lowest BCUT2D eigenvalue weighted by Gasteiger charge is -2.22. The predicted octanol–water partition coefficient (Wildman–Crippen LogP) is 4.07. The SMILES string of the molecule is Cc1nc2cc(C3CCCN3Cc3ccccn3)nn2c(C)c1CCC(=O)NC1CCCC1. The first-order valence-electron chi connectivity index (χ1n) is 12.4. The van der Waals surface area contributed by atoms with Crippen LogP contribution < -0.4 is 5.32 Å². The number of nitrogens with one attached hydrogen (secondary N) is 1. The third kappa shape index (κ3) is 4.78. The van der Waals surface area contributed by atoms with Crippen molar-refractivity contribution >= 4 is 11.6 Å². The molecule has 1 aliphatic heterocycles. The van der Waals surface area contributed by atoms with Gasteiger partial charge in [-0.05, 0) is 70.2 Å². The van der Waals surface area contributed by atoms with Crippen molar-refractivity contribution < 1.29 is 4.79 Å². The number of hydrogen-bond acceptors (Lipinski definition) is 5. The molecule has 1 amide bonds. The Hall–Kier alpha value is -2.80. The number of rotatable bonds is 7. The van der Waals surface area contributed by atoms with Gasteiger partial charge in [-0.2, -0.15) is 5.10 Å². The minimum absolute atomic E-state index is 0.151. The highest BCUT2D eigenvalue weighted by Crippen LogP contribution is 2.33. The first-order chi connectivity index (χ1) is 16.1. The number of aromatic nitrogens is 4. The molecule has 174 valence electrons. The Morgan fingerprint density at radius 2 is 2.00 bits per heavy atom. The molecular weight excluding hydrogens is 412 g/mol. The fraction of sp³-hybridized carbons (Fsp3) is 0.538. The van der Waals surface area contributed by atoms with Crippen LogP contribution in [0.1, 0.15) is 79.3 Å². The molecular formula is C26H34N6O. The summed E-state index contributed by atoms with van der Waals surface area (Å²) in [6.07, 6.45) is 10.0. The number of likely N-dealkylation sites (tertiary alicyclic amines) is 1. The molecule has 1 saturated carbocycles. The smallest absolute Gasteiger partial charge is 0.220 e. The van der Waals surface area contributed by atoms with Crippen LogP contribution in [0.5, 0.6) is 0 Å². The van der Waals surface area contributed by atoms with E-state index < -0.39 is 0 Å². The van der Waals surface area contributed by atoms with Crippen LogP contribution >= 0.6 is 0 Å². The van der Waals surface area contributed by atoms with Crippen molar-refractivity contribution in [3.63, 3.8) is 0 Å². The van der Waals surface area contributed by atoms with Crippen LogP contribution in [0.2, 0.25) is 0 Å². The molecule has 3 aromatic rings. The number of carbonyl (C=O) groups excluding carboxylic acids is 1. The maximum Gasteiger partial charge on any atom is 0.220 e. The Bertz CT molecular complexity index is 1120. The van der Waals surface area contributed by atoms with E-state index in [1.165, 1.54) is 12.8 Å². The van der Waals surface area contributed by atoms with E-state index in [1.54, 1.807) is 0 Å². The molecule has 1 atom stereocenters. The second-order valence-electron chi connectivity index (χ2n) is 9.60. The zero-order chi connectivity index (χ0) is 22.8. The second-order valence-corrected chi connectivity index (χ2v) is 9.60. The largest absolute Gasteiger partial charge is 0.353 e. The van der Waals surface area contributed by atoms with E-state index in [0.29, 0.717) is 18.9 Å². The Balaban J connectivity index is 1.32. The van der Waals surface area contributed by atoms with Crippen molar-refractivity contribution in [1.29, 1.82) is 0 Å². The van der Waals surface area contributed by atoms with E-state index in [0.717, 1.165) is 72.8 Å². The first kappa shape index (κ1) is 22.0. The number of fused-ring (bicyclic) bond motifs is 1. The van der Waals surface area contributed by atoms with Gasteiger partial charge >= 0.3 is 0 Å². The molecule has 5 rings (SSSR count). The standard InChI is InChI=1S/C26H34N6O/c1-18-22(12-13-26(33)29-20-8-3-4-9-20)19(2)32-25(28-18)16-23(30-32)24-11-7-15-31(24)17-21-10-5-6-14-27-21/h5-6,10,14,16,20,24H,3-4,7-9,11-13,15,17H2,1-2H3,(H,29,33). The predicted molar refractivity (Wildman–Crippen MR) is 128 cm³/mol. The van der Waals surface area contributed by atoms with E-state index in [2.05, 4.69) is 34.3 Å². The van der Waals surface area contributed by atoms with Crippen LogP contribution in [0, 0.1) is 13.8 Å². The van der Waals surface area contributed by atoms with Crippen LogP contribution in [0.4, 0.5) is 0 Å². The Morgan fingerprint density at radius 3 is 2.79 bits per heavy atom. The van der Waals surface area contributed by atoms with Gasteiger partial charge in [0, 0.05) is 42.7 Å². The van der Waals surface area contributed by atoms with Crippen molar-refractivity contribution in [1.82, 2.24) is 29.8 Å². The molecule has 1 aliphatic carbocycles. The molecule has 33 heavy (non-hydrogen) atoms. The van der Waals surface area contributed by atoms with Crippen LogP contribution in [0.15, 0.2) is 30.5 Å². The first-order valence-corrected chi connectivity index (χ1v) is 12.4. The van der Waals surface area contributed by atoms with Crippen LogP contribution in [-0.2, 0) is 17.8 Å². The number of amides is 1. The fourth-order valence-corrected chi connectivity index (χ4v) is 5.53. The monoisotopic (exact) mass is 446 g/mol. The minimum atomic E-state index is 0.151. The van der Waals surface area contributed by atoms with Crippen LogP contribution in [0.3, 0.4) is 0 Å². The molecule has 2 fully saturated rings. The van der Waals surface area contributed by atoms with Gasteiger partial charge in [-0.15, -0.1) is 0 Å². The summed E-state index contributed by atoms with van der Waals surface area (Å²) < 4.78 is 1.98. The maximum atomic E-state index is 12.5. The van der Waals surface area contributed by atoms with E-state index in [1.807, 2.05) is 29.8 Å². The number of carbonyl (C=O) groups is 1. The lowest BCUT2D eigenvalue weighted by molar-refractivity contribution is -0.121. The number of aryl methyl sites for hydroxylation is 2. The van der Waals surface area contributed by atoms with Gasteiger partial charge < -0.3 is 5.32 Å². The summed E-state index contributed by atoms with van der Waals surface area (Å²) >= 11 is 0. The van der Waals surface area contributed by atoms with Gasteiger partial charge in [-0.25, -0.2) is 9.50 Å². The zero-order valence-electron chi connectivity index (χ0n) is 19.8. The maximum absolute atomic E-state index is 12.5. The van der Waals surface area contributed by atoms with Gasteiger partial charge in [0.2, 0.25) is 5.91 Å². The fourth-order valence-electron chi connectivity index (χ4n) is 5.53. The zero-order valence-corrected chi connectivity index (χ0v) is 19.8. The van der Waals surface area contributed by atoms with Crippen molar-refractivity contribution in [2.45, 2.75) is 83.8 Å². The second kappa shape index (κ2) is 9.59. The summed E-state index contributed by atoms with van der Waals surface area (Å²) in [4.78, 5) is 24.3. The van der Waals surface area contributed by atoms with E-state index in [-0.39, 0.29) is 11.9 Å². The van der Waals surface area contributed by atoms with E-state index in [9.17, 15) is 4.79 Å². The summed E-state index contributed by atoms with van der Waals surface area (Å²) in [6.45, 7) is 6.05. The molecule has 1 N–H and O–H groups in total. The van der Waals surface area contributed by atoms with Crippen LogP contribution in [0.25, 0.3) is 5.65 Å². The van der Waals surface area contributed by atoms with Gasteiger partial charge in [0.15, 0.2) is 5.65 Å². The topological polar surface area (TPSA) is 75.4 Å². The Morgan fingerprint density at radius 1 is 1.15 bits per heavy atom. The number of nitrogens with zero attached hydrogens (tertiary/aromatic N) is 5. The highest BCUT2D eigenvalue weighted by Gasteiger charge is 2.29. The molecule has 3 aromatic heterocycles. The van der Waals surface area contributed by atoms with Gasteiger partial charge in [0.05, 0.1) is 17.4 Å². The summed E-state index contributed by atoms with van der Waals surface area (Å²) in [5.74, 6) is 0.151. The molecule has 7 heteroatoms. The normalized spacial score (nSPS) is 19.5. The molecule has 0 radical (unpaired) electrons. The highest BCUT2D eigenvalue weighted by atomic mass is 16.1. The quantitative estimate of drug-likeness (QED) is 0.592. The molecule has 0 aromatic carbocycles. The Kier molecular flexibility index (Phi) is 6.40. The Labute approximate surface area is 195 Å². The van der Waals surface area contributed by atoms with Crippen molar-refractivity contribution in [3.8, 4) is 0 Å². The van der Waals surface area contributed by atoms with E-state index >= 15 is 0 Å². The average molecular weight is 447 g/mol. The third-order valence-electron chi connectivity index (χ3n) is 7.30. The summed E-state index contributed by atoms with van der Waals surface area (Å²) in [5, 5.41) is 8.19. The molecule has 1 unspecified atom stereocenters. The number of pyridine rings is 1. The van der Waals surface area contributed by atoms with Crippen molar-refractivity contribution in [2.24, 2.45) is 0 Å². The van der Waals surface area contributed by atoms with Crippen molar-refractivity contribution in [3.05, 3.63) is 58.8 Å². The summed E-state index contributed by atoms with van der Waals surface area (Å²) in [6, 6.07) is 8.88. The van der Waals surface area contributed by atoms with Crippen molar-refractivity contribution in [2.75, 3.05) is 6.54 Å². The third-order valence-corrected chi connectivity index (χ3v) is 7.30. The average Bonchev–Trinajstić information content (AvgIpc) is 3.55. The van der Waals surface area contributed by atoms with Crippen LogP contribution in [-0.4, -0.2) is 43.0 Å². The van der Waals surface area contributed by atoms with Gasteiger partial charge in [-0.3, -0.25) is 14.7 Å². The van der Waals surface area contributed by atoms with Gasteiger partial charge in [0.1, 0.15) is 0 Å². The lowest BCUT2D eigenvalue weighted by atomic mass is 10.1. The molecule has 2 aliphatic rings. The molecule has 4 heterocycles. The molecule has 0 bridgehead atoms. The summed E-state index contributed by atoms with van der Waals surface area (Å²) in [5.41, 5.74) is 6.29. The van der Waals surface area contributed by atoms with Gasteiger partial charge in [0.25, 0.3) is 0 Å². The summed E-state index contributed by atoms with van der Waals surface area (Å²) in [7, 11) is 0. The highest BCUT2D eigenvalue weighted by molar-refractivity contribution is 5.76. The lowest BCUT2D eigenvalue weighted by Crippen LogP contribution is -2.32. The van der Waals surface area contributed by atoms with Gasteiger partial charge in [-0.1, -0.05) is 18.9 Å². The number of hydrogen-bond donors (Lipinski definition) is 1.